The zero-order valence-electron chi connectivity index (χ0n) is 12.4. The zero-order valence-corrected chi connectivity index (χ0v) is 13.2. The van der Waals surface area contributed by atoms with Gasteiger partial charge >= 0.3 is 0 Å². The second kappa shape index (κ2) is 6.30. The van der Waals surface area contributed by atoms with Gasteiger partial charge in [-0.25, -0.2) is 0 Å². The van der Waals surface area contributed by atoms with Crippen LogP contribution in [-0.2, 0) is 11.2 Å². The van der Waals surface area contributed by atoms with E-state index in [0.717, 1.165) is 13.0 Å². The van der Waals surface area contributed by atoms with Gasteiger partial charge < -0.3 is 5.32 Å². The molecule has 0 fully saturated rings. The highest BCUT2D eigenvalue weighted by Gasteiger charge is 2.26. The Labute approximate surface area is 134 Å². The van der Waals surface area contributed by atoms with E-state index in [1.807, 2.05) is 0 Å². The topological polar surface area (TPSA) is 56.1 Å². The smallest absolute Gasteiger partial charge is 0.238 e. The molecule has 22 heavy (non-hydrogen) atoms. The normalized spacial score (nSPS) is 17.5. The lowest BCUT2D eigenvalue weighted by Gasteiger charge is -2.32. The summed E-state index contributed by atoms with van der Waals surface area (Å²) in [6.07, 6.45) is 1.01. The van der Waals surface area contributed by atoms with E-state index in [0.29, 0.717) is 17.8 Å². The van der Waals surface area contributed by atoms with Gasteiger partial charge in [0, 0.05) is 23.2 Å². The van der Waals surface area contributed by atoms with Crippen LogP contribution < -0.4 is 5.32 Å². The molecule has 1 aromatic heterocycles. The monoisotopic (exact) mass is 311 g/mol. The predicted molar refractivity (Wildman–Crippen MR) is 87.8 cm³/mol. The number of amides is 1. The summed E-state index contributed by atoms with van der Waals surface area (Å²) >= 11 is 1.80. The molecule has 0 spiro atoms. The summed E-state index contributed by atoms with van der Waals surface area (Å²) in [6, 6.07) is 11.5. The Hall–Kier alpha value is -2.16. The molecular weight excluding hydrogens is 294 g/mol. The average Bonchev–Trinajstić information content (AvgIpc) is 2.99. The van der Waals surface area contributed by atoms with Crippen LogP contribution in [0.4, 0.5) is 5.69 Å². The van der Waals surface area contributed by atoms with Crippen molar-refractivity contribution in [2.24, 2.45) is 0 Å². The van der Waals surface area contributed by atoms with Crippen molar-refractivity contribution in [2.45, 2.75) is 19.4 Å². The number of rotatable bonds is 3. The molecule has 4 nitrogen and oxygen atoms in total. The number of nitrogens with one attached hydrogen (secondary N) is 1. The maximum absolute atomic E-state index is 12.2. The number of carbonyl (C=O) groups excluding carboxylic acids is 1. The first-order valence-electron chi connectivity index (χ1n) is 7.27. The number of nitrogens with zero attached hydrogens (tertiary/aromatic N) is 2. The average molecular weight is 311 g/mol. The third-order valence-corrected chi connectivity index (χ3v) is 5.02. The van der Waals surface area contributed by atoms with Gasteiger partial charge in [-0.05, 0) is 48.6 Å². The van der Waals surface area contributed by atoms with Gasteiger partial charge in [0.15, 0.2) is 0 Å². The van der Waals surface area contributed by atoms with Crippen molar-refractivity contribution in [1.29, 1.82) is 5.26 Å². The number of thiophene rings is 1. The number of anilines is 1. The summed E-state index contributed by atoms with van der Waals surface area (Å²) in [4.78, 5) is 15.9. The minimum absolute atomic E-state index is 0.0411. The van der Waals surface area contributed by atoms with Gasteiger partial charge in [0.2, 0.25) is 5.91 Å². The van der Waals surface area contributed by atoms with Gasteiger partial charge in [0.1, 0.15) is 0 Å². The van der Waals surface area contributed by atoms with Crippen LogP contribution >= 0.6 is 11.3 Å². The Kier molecular flexibility index (Phi) is 4.23. The number of benzene rings is 1. The first kappa shape index (κ1) is 14.8. The van der Waals surface area contributed by atoms with Gasteiger partial charge in [-0.2, -0.15) is 5.26 Å². The molecule has 1 amide bonds. The van der Waals surface area contributed by atoms with Crippen molar-refractivity contribution in [1.82, 2.24) is 4.90 Å². The van der Waals surface area contributed by atoms with Crippen molar-refractivity contribution in [3.63, 3.8) is 0 Å². The molecule has 112 valence electrons. The summed E-state index contributed by atoms with van der Waals surface area (Å²) in [6.45, 7) is 3.42. The Bertz CT molecular complexity index is 732. The molecule has 0 aliphatic carbocycles. The van der Waals surface area contributed by atoms with Crippen LogP contribution in [0.2, 0.25) is 0 Å². The Morgan fingerprint density at radius 3 is 3.18 bits per heavy atom. The second-order valence-corrected chi connectivity index (χ2v) is 6.44. The molecule has 0 radical (unpaired) electrons. The maximum Gasteiger partial charge on any atom is 0.238 e. The first-order valence-corrected chi connectivity index (χ1v) is 8.15. The molecule has 2 heterocycles. The fraction of sp³-hybridized carbons (Fsp3) is 0.294. The van der Waals surface area contributed by atoms with Crippen LogP contribution in [0.15, 0.2) is 35.7 Å². The number of fused-ring (bicyclic) bond motifs is 1. The van der Waals surface area contributed by atoms with Gasteiger partial charge in [-0.3, -0.25) is 9.69 Å². The summed E-state index contributed by atoms with van der Waals surface area (Å²) in [5.74, 6) is -0.0411. The molecule has 1 N–H and O–H groups in total. The SMILES string of the molecule is CC1c2ccsc2CCN1CC(=O)Nc1cccc(C#N)c1. The fourth-order valence-corrected chi connectivity index (χ4v) is 3.79. The van der Waals surface area contributed by atoms with Crippen molar-refractivity contribution < 1.29 is 4.79 Å². The van der Waals surface area contributed by atoms with E-state index < -0.39 is 0 Å². The number of hydrogen-bond acceptors (Lipinski definition) is 4. The molecule has 1 aromatic carbocycles. The quantitative estimate of drug-likeness (QED) is 0.947. The molecule has 0 saturated heterocycles. The summed E-state index contributed by atoms with van der Waals surface area (Å²) in [7, 11) is 0. The Morgan fingerprint density at radius 2 is 2.36 bits per heavy atom. The van der Waals surface area contributed by atoms with Crippen molar-refractivity contribution >= 4 is 22.9 Å². The van der Waals surface area contributed by atoms with E-state index >= 15 is 0 Å². The fourth-order valence-electron chi connectivity index (χ4n) is 2.83. The lowest BCUT2D eigenvalue weighted by Crippen LogP contribution is -2.39. The summed E-state index contributed by atoms with van der Waals surface area (Å²) < 4.78 is 0. The van der Waals surface area contributed by atoms with Crippen molar-refractivity contribution in [3.05, 3.63) is 51.7 Å². The van der Waals surface area contributed by atoms with Gasteiger partial charge in [0.25, 0.3) is 0 Å². The van der Waals surface area contributed by atoms with Crippen molar-refractivity contribution in [2.75, 3.05) is 18.4 Å². The lowest BCUT2D eigenvalue weighted by atomic mass is 10.0. The predicted octanol–water partition coefficient (Wildman–Crippen LogP) is 3.18. The number of carbonyl (C=O) groups is 1. The molecule has 5 heteroatoms. The largest absolute Gasteiger partial charge is 0.325 e. The molecule has 1 unspecified atom stereocenters. The summed E-state index contributed by atoms with van der Waals surface area (Å²) in [5, 5.41) is 13.9. The Balaban J connectivity index is 1.64. The second-order valence-electron chi connectivity index (χ2n) is 5.44. The van der Waals surface area contributed by atoms with Gasteiger partial charge in [-0.1, -0.05) is 6.07 Å². The van der Waals surface area contributed by atoms with Gasteiger partial charge in [-0.15, -0.1) is 11.3 Å². The molecule has 3 rings (SSSR count). The third kappa shape index (κ3) is 3.03. The maximum atomic E-state index is 12.2. The molecule has 1 atom stereocenters. The van der Waals surface area contributed by atoms with E-state index in [2.05, 4.69) is 34.7 Å². The van der Waals surface area contributed by atoms with Gasteiger partial charge in [0.05, 0.1) is 18.2 Å². The van der Waals surface area contributed by atoms with E-state index in [1.54, 1.807) is 35.6 Å². The van der Waals surface area contributed by atoms with Crippen LogP contribution in [-0.4, -0.2) is 23.9 Å². The van der Waals surface area contributed by atoms with E-state index in [1.165, 1.54) is 10.4 Å². The molecule has 0 bridgehead atoms. The highest BCUT2D eigenvalue weighted by atomic mass is 32.1. The molecule has 1 aliphatic heterocycles. The molecule has 0 saturated carbocycles. The number of nitriles is 1. The van der Waals surface area contributed by atoms with E-state index in [-0.39, 0.29) is 11.9 Å². The molecule has 2 aromatic rings. The van der Waals surface area contributed by atoms with Crippen LogP contribution in [0.3, 0.4) is 0 Å². The first-order chi connectivity index (χ1) is 10.7. The standard InChI is InChI=1S/C17H17N3OS/c1-12-15-6-8-22-16(15)5-7-20(12)11-17(21)19-14-4-2-3-13(9-14)10-18/h2-4,6,8-9,12H,5,7,11H2,1H3,(H,19,21). The van der Waals surface area contributed by atoms with Crippen LogP contribution in [0.25, 0.3) is 0 Å². The van der Waals surface area contributed by atoms with E-state index in [9.17, 15) is 4.79 Å². The number of hydrogen-bond donors (Lipinski definition) is 1. The van der Waals surface area contributed by atoms with Crippen molar-refractivity contribution in [3.8, 4) is 6.07 Å². The summed E-state index contributed by atoms with van der Waals surface area (Å²) in [5.41, 5.74) is 2.56. The lowest BCUT2D eigenvalue weighted by molar-refractivity contribution is -0.117. The minimum atomic E-state index is -0.0411. The van der Waals surface area contributed by atoms with Crippen LogP contribution in [0.1, 0.15) is 29.0 Å². The third-order valence-electron chi connectivity index (χ3n) is 4.03. The van der Waals surface area contributed by atoms with Crippen LogP contribution in [0, 0.1) is 11.3 Å². The minimum Gasteiger partial charge on any atom is -0.325 e. The molecular formula is C17H17N3OS. The Morgan fingerprint density at radius 1 is 1.50 bits per heavy atom. The highest BCUT2D eigenvalue weighted by Crippen LogP contribution is 2.32. The van der Waals surface area contributed by atoms with E-state index in [4.69, 9.17) is 5.26 Å². The highest BCUT2D eigenvalue weighted by molar-refractivity contribution is 7.10. The zero-order chi connectivity index (χ0) is 15.5. The molecule has 1 aliphatic rings. The van der Waals surface area contributed by atoms with Crippen LogP contribution in [0.5, 0.6) is 0 Å².